The van der Waals surface area contributed by atoms with Gasteiger partial charge >= 0.3 is 0 Å². The highest BCUT2D eigenvalue weighted by molar-refractivity contribution is 7.16. The molecule has 1 heterocycles. The molecule has 1 aromatic heterocycles. The Morgan fingerprint density at radius 1 is 1.10 bits per heavy atom. The molecule has 4 rings (SSSR count). The van der Waals surface area contributed by atoms with Gasteiger partial charge in [0.15, 0.2) is 5.13 Å². The van der Waals surface area contributed by atoms with Crippen molar-refractivity contribution in [2.45, 2.75) is 31.7 Å². The van der Waals surface area contributed by atoms with Crippen LogP contribution in [0.25, 0.3) is 0 Å². The van der Waals surface area contributed by atoms with Gasteiger partial charge in [-0.1, -0.05) is 48.0 Å². The van der Waals surface area contributed by atoms with E-state index in [1.165, 1.54) is 11.3 Å². The minimum absolute atomic E-state index is 0.0582. The second-order valence-electron chi connectivity index (χ2n) is 6.90. The summed E-state index contributed by atoms with van der Waals surface area (Å²) in [7, 11) is 0. The highest BCUT2D eigenvalue weighted by Crippen LogP contribution is 2.37. The highest BCUT2D eigenvalue weighted by Gasteiger charge is 2.30. The lowest BCUT2D eigenvalue weighted by molar-refractivity contribution is -0.123. The number of aryl methyl sites for hydroxylation is 1. The Labute approximate surface area is 178 Å². The van der Waals surface area contributed by atoms with Crippen LogP contribution in [0.15, 0.2) is 54.6 Å². The topological polar surface area (TPSA) is 71.1 Å². The summed E-state index contributed by atoms with van der Waals surface area (Å²) in [6.45, 7) is 0.381. The summed E-state index contributed by atoms with van der Waals surface area (Å²) < 4.78 is 0. The van der Waals surface area contributed by atoms with Gasteiger partial charge in [-0.3, -0.25) is 14.9 Å². The molecular formula is C22H20ClN3O2S. The van der Waals surface area contributed by atoms with Crippen LogP contribution in [0.5, 0.6) is 0 Å². The van der Waals surface area contributed by atoms with Crippen LogP contribution in [-0.4, -0.2) is 16.8 Å². The Morgan fingerprint density at radius 2 is 1.86 bits per heavy atom. The molecule has 0 saturated heterocycles. The maximum absolute atomic E-state index is 12.8. The van der Waals surface area contributed by atoms with E-state index in [0.717, 1.165) is 35.4 Å². The molecule has 29 heavy (non-hydrogen) atoms. The molecule has 1 aliphatic rings. The van der Waals surface area contributed by atoms with E-state index < -0.39 is 0 Å². The van der Waals surface area contributed by atoms with Crippen molar-refractivity contribution >= 4 is 39.9 Å². The van der Waals surface area contributed by atoms with Crippen LogP contribution in [0.3, 0.4) is 0 Å². The summed E-state index contributed by atoms with van der Waals surface area (Å²) in [4.78, 5) is 30.9. The molecule has 2 aromatic carbocycles. The monoisotopic (exact) mass is 425 g/mol. The lowest BCUT2D eigenvalue weighted by Crippen LogP contribution is -2.31. The van der Waals surface area contributed by atoms with Gasteiger partial charge in [0.1, 0.15) is 0 Å². The summed E-state index contributed by atoms with van der Waals surface area (Å²) in [5, 5.41) is 7.01. The van der Waals surface area contributed by atoms with Crippen LogP contribution in [0.2, 0.25) is 5.02 Å². The molecule has 0 fully saturated rings. The van der Waals surface area contributed by atoms with Crippen molar-refractivity contribution in [2.75, 3.05) is 5.32 Å². The zero-order valence-corrected chi connectivity index (χ0v) is 17.2. The third-order valence-electron chi connectivity index (χ3n) is 4.94. The summed E-state index contributed by atoms with van der Waals surface area (Å²) in [5.74, 6) is -0.562. The van der Waals surface area contributed by atoms with E-state index in [4.69, 9.17) is 11.6 Å². The number of hydrogen-bond donors (Lipinski definition) is 2. The number of anilines is 1. The van der Waals surface area contributed by atoms with Crippen LogP contribution in [0.1, 0.15) is 45.3 Å². The Kier molecular flexibility index (Phi) is 5.92. The zero-order valence-electron chi connectivity index (χ0n) is 15.7. The number of halogens is 1. The number of nitrogens with one attached hydrogen (secondary N) is 2. The maximum Gasteiger partial charge on any atom is 0.257 e. The number of carbonyl (C=O) groups excluding carboxylic acids is 2. The Morgan fingerprint density at radius 3 is 2.66 bits per heavy atom. The number of amides is 2. The number of fused-ring (bicyclic) bond motifs is 1. The summed E-state index contributed by atoms with van der Waals surface area (Å²) in [5.41, 5.74) is 2.24. The predicted octanol–water partition coefficient (Wildman–Crippen LogP) is 4.79. The fourth-order valence-electron chi connectivity index (χ4n) is 3.43. The van der Waals surface area contributed by atoms with Crippen LogP contribution in [0.4, 0.5) is 5.13 Å². The van der Waals surface area contributed by atoms with Gasteiger partial charge in [-0.2, -0.15) is 0 Å². The molecule has 0 radical (unpaired) electrons. The minimum Gasteiger partial charge on any atom is -0.351 e. The van der Waals surface area contributed by atoms with Crippen molar-refractivity contribution < 1.29 is 9.59 Å². The van der Waals surface area contributed by atoms with E-state index in [-0.39, 0.29) is 17.7 Å². The van der Waals surface area contributed by atoms with E-state index in [1.807, 2.05) is 42.5 Å². The zero-order chi connectivity index (χ0) is 20.2. The van der Waals surface area contributed by atoms with E-state index in [2.05, 4.69) is 15.6 Å². The molecule has 7 heteroatoms. The van der Waals surface area contributed by atoms with Crippen molar-refractivity contribution in [3.63, 3.8) is 0 Å². The van der Waals surface area contributed by atoms with Gasteiger partial charge in [-0.15, -0.1) is 11.3 Å². The lowest BCUT2D eigenvalue weighted by Gasteiger charge is -2.20. The van der Waals surface area contributed by atoms with Crippen LogP contribution >= 0.6 is 22.9 Å². The first-order valence-electron chi connectivity index (χ1n) is 9.49. The Balaban J connectivity index is 1.46. The Hall–Kier alpha value is -2.70. The highest BCUT2D eigenvalue weighted by atomic mass is 35.5. The number of hydrogen-bond acceptors (Lipinski definition) is 4. The number of nitrogens with zero attached hydrogens (tertiary/aromatic N) is 1. The van der Waals surface area contributed by atoms with Crippen molar-refractivity contribution in [3.8, 4) is 0 Å². The number of aromatic nitrogens is 1. The molecule has 2 N–H and O–H groups in total. The van der Waals surface area contributed by atoms with Gasteiger partial charge in [-0.25, -0.2) is 4.98 Å². The third kappa shape index (κ3) is 4.49. The number of carbonyl (C=O) groups is 2. The lowest BCUT2D eigenvalue weighted by atomic mass is 9.90. The third-order valence-corrected chi connectivity index (χ3v) is 6.35. The van der Waals surface area contributed by atoms with Gasteiger partial charge in [0.2, 0.25) is 5.91 Å². The smallest absolute Gasteiger partial charge is 0.257 e. The van der Waals surface area contributed by atoms with Gasteiger partial charge in [0.05, 0.1) is 11.6 Å². The molecule has 1 atom stereocenters. The SMILES string of the molecule is O=C(Nc1nc2c(s1)CCCC2C(=O)NCc1ccccc1Cl)c1ccccc1. The maximum atomic E-state index is 12.8. The fourth-order valence-corrected chi connectivity index (χ4v) is 4.70. The molecule has 3 aromatic rings. The van der Waals surface area contributed by atoms with E-state index >= 15 is 0 Å². The molecule has 0 bridgehead atoms. The van der Waals surface area contributed by atoms with Gasteiger partial charge in [-0.05, 0) is 43.0 Å². The molecule has 1 aliphatic carbocycles. The summed E-state index contributed by atoms with van der Waals surface area (Å²) in [6, 6.07) is 16.5. The molecule has 0 spiro atoms. The van der Waals surface area contributed by atoms with Crippen molar-refractivity contribution in [1.29, 1.82) is 0 Å². The molecule has 0 aliphatic heterocycles. The molecule has 2 amide bonds. The molecular weight excluding hydrogens is 406 g/mol. The molecule has 148 valence electrons. The number of benzene rings is 2. The van der Waals surface area contributed by atoms with Crippen LogP contribution in [0, 0.1) is 0 Å². The van der Waals surface area contributed by atoms with Gasteiger partial charge < -0.3 is 5.32 Å². The number of rotatable bonds is 5. The number of thiazole rings is 1. The predicted molar refractivity (Wildman–Crippen MR) is 115 cm³/mol. The summed E-state index contributed by atoms with van der Waals surface area (Å²) in [6.07, 6.45) is 2.55. The van der Waals surface area contributed by atoms with Gasteiger partial charge in [0.25, 0.3) is 5.91 Å². The average Bonchev–Trinajstić information content (AvgIpc) is 3.16. The molecule has 5 nitrogen and oxygen atoms in total. The second-order valence-corrected chi connectivity index (χ2v) is 8.39. The van der Waals surface area contributed by atoms with Gasteiger partial charge in [0, 0.05) is 22.0 Å². The van der Waals surface area contributed by atoms with E-state index in [0.29, 0.717) is 22.3 Å². The standard InChI is InChI=1S/C22H20ClN3O2S/c23-17-11-5-4-9-15(17)13-24-21(28)16-10-6-12-18-19(16)25-22(29-18)26-20(27)14-7-2-1-3-8-14/h1-5,7-9,11,16H,6,10,12-13H2,(H,24,28)(H,25,26,27). The normalized spacial score (nSPS) is 15.4. The first-order chi connectivity index (χ1) is 14.1. The largest absolute Gasteiger partial charge is 0.351 e. The fraction of sp³-hybridized carbons (Fsp3) is 0.227. The van der Waals surface area contributed by atoms with Crippen molar-refractivity contribution in [3.05, 3.63) is 81.3 Å². The first-order valence-corrected chi connectivity index (χ1v) is 10.7. The van der Waals surface area contributed by atoms with E-state index in [1.54, 1.807) is 12.1 Å². The first kappa shape index (κ1) is 19.6. The molecule has 0 saturated carbocycles. The van der Waals surface area contributed by atoms with Crippen LogP contribution in [-0.2, 0) is 17.8 Å². The van der Waals surface area contributed by atoms with E-state index in [9.17, 15) is 9.59 Å². The average molecular weight is 426 g/mol. The quantitative estimate of drug-likeness (QED) is 0.617. The Bertz CT molecular complexity index is 1040. The van der Waals surface area contributed by atoms with Crippen molar-refractivity contribution in [1.82, 2.24) is 10.3 Å². The molecule has 1 unspecified atom stereocenters. The van der Waals surface area contributed by atoms with Crippen LogP contribution < -0.4 is 10.6 Å². The van der Waals surface area contributed by atoms with Crippen molar-refractivity contribution in [2.24, 2.45) is 0 Å². The minimum atomic E-state index is -0.306. The summed E-state index contributed by atoms with van der Waals surface area (Å²) >= 11 is 7.63. The second kappa shape index (κ2) is 8.76.